The zero-order valence-electron chi connectivity index (χ0n) is 29.6. The Hall–Kier alpha value is -7.16. The van der Waals surface area contributed by atoms with Gasteiger partial charge in [-0.25, -0.2) is 0 Å². The van der Waals surface area contributed by atoms with Gasteiger partial charge >= 0.3 is 0 Å². The van der Waals surface area contributed by atoms with Crippen molar-refractivity contribution in [1.82, 2.24) is 0 Å². The van der Waals surface area contributed by atoms with E-state index in [9.17, 15) is 0 Å². The van der Waals surface area contributed by atoms with Crippen molar-refractivity contribution in [3.8, 4) is 44.7 Å². The maximum Gasteiger partial charge on any atom is 0.135 e. The molecule has 10 rings (SSSR count). The van der Waals surface area contributed by atoms with E-state index in [1.807, 2.05) is 18.2 Å². The molecule has 0 bridgehead atoms. The third-order valence-corrected chi connectivity index (χ3v) is 10.4. The predicted molar refractivity (Wildman–Crippen MR) is 228 cm³/mol. The van der Waals surface area contributed by atoms with E-state index in [0.717, 1.165) is 50.5 Å². The quantitative estimate of drug-likeness (QED) is 0.155. The topological polar surface area (TPSA) is 16.4 Å². The Morgan fingerprint density at radius 1 is 0.278 bits per heavy atom. The molecule has 2 nitrogen and oxygen atoms in total. The molecule has 1 aromatic heterocycles. The Labute approximate surface area is 314 Å². The van der Waals surface area contributed by atoms with Crippen LogP contribution in [-0.4, -0.2) is 0 Å². The molecule has 0 aliphatic rings. The Kier molecular flexibility index (Phi) is 7.85. The third-order valence-electron chi connectivity index (χ3n) is 10.4. The molecule has 1 heterocycles. The second kappa shape index (κ2) is 13.4. The zero-order chi connectivity index (χ0) is 35.8. The summed E-state index contributed by atoms with van der Waals surface area (Å²) in [6.45, 7) is 0. The van der Waals surface area contributed by atoms with E-state index < -0.39 is 0 Å². The average molecular weight is 690 g/mol. The lowest BCUT2D eigenvalue weighted by Crippen LogP contribution is -2.10. The Balaban J connectivity index is 1.12. The number of anilines is 3. The number of furan rings is 1. The average Bonchev–Trinajstić information content (AvgIpc) is 3.69. The van der Waals surface area contributed by atoms with Crippen molar-refractivity contribution in [2.45, 2.75) is 0 Å². The summed E-state index contributed by atoms with van der Waals surface area (Å²) in [4.78, 5) is 2.36. The number of rotatable bonds is 7. The molecule has 9 aromatic carbocycles. The van der Waals surface area contributed by atoms with Crippen molar-refractivity contribution in [2.24, 2.45) is 0 Å². The van der Waals surface area contributed by atoms with E-state index in [2.05, 4.69) is 199 Å². The zero-order valence-corrected chi connectivity index (χ0v) is 29.6. The molecule has 0 amide bonds. The van der Waals surface area contributed by atoms with Crippen molar-refractivity contribution >= 4 is 49.6 Å². The summed E-state index contributed by atoms with van der Waals surface area (Å²) in [5, 5.41) is 6.15. The number of fused-ring (bicyclic) bond motifs is 4. The number of hydrogen-bond donors (Lipinski definition) is 0. The van der Waals surface area contributed by atoms with Gasteiger partial charge in [0, 0.05) is 28.0 Å². The molecule has 0 saturated carbocycles. The smallest absolute Gasteiger partial charge is 0.135 e. The molecule has 2 heteroatoms. The van der Waals surface area contributed by atoms with Gasteiger partial charge < -0.3 is 9.32 Å². The molecular weight excluding hydrogens is 655 g/mol. The lowest BCUT2D eigenvalue weighted by atomic mass is 9.96. The van der Waals surface area contributed by atoms with Gasteiger partial charge in [0.15, 0.2) is 0 Å². The summed E-state index contributed by atoms with van der Waals surface area (Å²) >= 11 is 0. The van der Waals surface area contributed by atoms with E-state index >= 15 is 0 Å². The Morgan fingerprint density at radius 3 is 1.59 bits per heavy atom. The number of hydrogen-bond acceptors (Lipinski definition) is 2. The molecule has 0 saturated heterocycles. The number of nitrogens with zero attached hydrogens (tertiary/aromatic N) is 1. The minimum atomic E-state index is 0.848. The van der Waals surface area contributed by atoms with Crippen LogP contribution in [0.25, 0.3) is 77.2 Å². The first-order valence-corrected chi connectivity index (χ1v) is 18.4. The van der Waals surface area contributed by atoms with Crippen LogP contribution < -0.4 is 4.90 Å². The normalized spacial score (nSPS) is 11.3. The maximum atomic E-state index is 6.35. The van der Waals surface area contributed by atoms with Gasteiger partial charge in [-0.05, 0) is 116 Å². The first-order valence-electron chi connectivity index (χ1n) is 18.4. The highest BCUT2D eigenvalue weighted by Crippen LogP contribution is 2.42. The van der Waals surface area contributed by atoms with Crippen LogP contribution in [0, 0.1) is 0 Å². The molecule has 0 spiro atoms. The van der Waals surface area contributed by atoms with Crippen LogP contribution in [0.5, 0.6) is 0 Å². The van der Waals surface area contributed by atoms with Crippen LogP contribution in [-0.2, 0) is 0 Å². The van der Waals surface area contributed by atoms with Crippen molar-refractivity contribution in [3.05, 3.63) is 212 Å². The van der Waals surface area contributed by atoms with Gasteiger partial charge in [0.25, 0.3) is 0 Å². The predicted octanol–water partition coefficient (Wildman–Crippen LogP) is 14.9. The largest absolute Gasteiger partial charge is 0.456 e. The Morgan fingerprint density at radius 2 is 0.852 bits per heavy atom. The highest BCUT2D eigenvalue weighted by Gasteiger charge is 2.18. The summed E-state index contributed by atoms with van der Waals surface area (Å²) in [5.74, 6) is 0.848. The molecule has 10 aromatic rings. The van der Waals surface area contributed by atoms with Crippen LogP contribution in [0.4, 0.5) is 17.1 Å². The molecule has 54 heavy (non-hydrogen) atoms. The highest BCUT2D eigenvalue weighted by molar-refractivity contribution is 6.08. The molecule has 0 unspecified atom stereocenters. The van der Waals surface area contributed by atoms with E-state index in [0.29, 0.717) is 0 Å². The molecule has 0 atom stereocenters. The van der Waals surface area contributed by atoms with Crippen LogP contribution in [0.1, 0.15) is 0 Å². The van der Waals surface area contributed by atoms with Crippen molar-refractivity contribution < 1.29 is 4.42 Å². The summed E-state index contributed by atoms with van der Waals surface area (Å²) in [7, 11) is 0. The van der Waals surface area contributed by atoms with E-state index in [-0.39, 0.29) is 0 Å². The monoisotopic (exact) mass is 689 g/mol. The van der Waals surface area contributed by atoms with Crippen molar-refractivity contribution in [1.29, 1.82) is 0 Å². The fourth-order valence-corrected chi connectivity index (χ4v) is 7.70. The van der Waals surface area contributed by atoms with Gasteiger partial charge in [0.05, 0.1) is 0 Å². The minimum Gasteiger partial charge on any atom is -0.456 e. The lowest BCUT2D eigenvalue weighted by molar-refractivity contribution is 0.631. The van der Waals surface area contributed by atoms with Crippen molar-refractivity contribution in [3.63, 3.8) is 0 Å². The molecular formula is C52H35NO. The molecule has 0 N–H and O–H groups in total. The van der Waals surface area contributed by atoms with Crippen LogP contribution in [0.15, 0.2) is 217 Å². The molecule has 0 aliphatic carbocycles. The number of benzene rings is 9. The fourth-order valence-electron chi connectivity index (χ4n) is 7.70. The number of para-hydroxylation sites is 1. The minimum absolute atomic E-state index is 0.848. The Bertz CT molecular complexity index is 2830. The standard InChI is InChI=1S/C52H35NO/c1-3-12-36(13-4-1)44-31-45(37-14-5-2-6-15-37)34-48(33-44)53(47-19-11-18-42(32-47)52-35-43-17-8-10-21-51(43)54-52)46-27-24-38(25-28-46)40-26-29-50-41(30-40)23-22-39-16-7-9-20-49(39)50/h1-35H. The fraction of sp³-hybridized carbons (Fsp3) is 0. The van der Waals surface area contributed by atoms with E-state index in [1.54, 1.807) is 0 Å². The lowest BCUT2D eigenvalue weighted by Gasteiger charge is -2.27. The summed E-state index contributed by atoms with van der Waals surface area (Å²) in [5.41, 5.74) is 12.1. The van der Waals surface area contributed by atoms with E-state index in [4.69, 9.17) is 4.42 Å². The first-order chi connectivity index (χ1) is 26.7. The summed E-state index contributed by atoms with van der Waals surface area (Å²) in [6.07, 6.45) is 0. The van der Waals surface area contributed by atoms with Gasteiger partial charge in [0.2, 0.25) is 0 Å². The van der Waals surface area contributed by atoms with Gasteiger partial charge in [0.1, 0.15) is 11.3 Å². The SMILES string of the molecule is c1ccc(-c2cc(-c3ccccc3)cc(N(c3ccc(-c4ccc5c(ccc6ccccc65)c4)cc3)c3cccc(-c4cc5ccccc5o4)c3)c2)cc1. The maximum absolute atomic E-state index is 6.35. The third kappa shape index (κ3) is 5.90. The first kappa shape index (κ1) is 31.6. The van der Waals surface area contributed by atoms with E-state index in [1.165, 1.54) is 43.8 Å². The summed E-state index contributed by atoms with van der Waals surface area (Å²) in [6, 6.07) is 76.0. The van der Waals surface area contributed by atoms with Crippen LogP contribution in [0.3, 0.4) is 0 Å². The van der Waals surface area contributed by atoms with Gasteiger partial charge in [-0.3, -0.25) is 0 Å². The van der Waals surface area contributed by atoms with Gasteiger partial charge in [-0.1, -0.05) is 152 Å². The molecule has 0 fully saturated rings. The van der Waals surface area contributed by atoms with Crippen LogP contribution in [0.2, 0.25) is 0 Å². The van der Waals surface area contributed by atoms with Gasteiger partial charge in [-0.15, -0.1) is 0 Å². The molecule has 0 radical (unpaired) electrons. The second-order valence-corrected chi connectivity index (χ2v) is 13.8. The second-order valence-electron chi connectivity index (χ2n) is 13.8. The summed E-state index contributed by atoms with van der Waals surface area (Å²) < 4.78 is 6.35. The highest BCUT2D eigenvalue weighted by atomic mass is 16.3. The molecule has 254 valence electrons. The van der Waals surface area contributed by atoms with Crippen molar-refractivity contribution in [2.75, 3.05) is 4.90 Å². The molecule has 0 aliphatic heterocycles. The van der Waals surface area contributed by atoms with Crippen LogP contribution >= 0.6 is 0 Å². The van der Waals surface area contributed by atoms with Gasteiger partial charge in [-0.2, -0.15) is 0 Å².